The van der Waals surface area contributed by atoms with Gasteiger partial charge in [0.15, 0.2) is 5.13 Å². The largest absolute Gasteiger partial charge is 0.357 e. The van der Waals surface area contributed by atoms with E-state index < -0.39 is 0 Å². The van der Waals surface area contributed by atoms with E-state index in [1.807, 2.05) is 11.4 Å². The van der Waals surface area contributed by atoms with Crippen molar-refractivity contribution in [3.8, 4) is 0 Å². The summed E-state index contributed by atoms with van der Waals surface area (Å²) in [6.45, 7) is 0.791. The van der Waals surface area contributed by atoms with E-state index >= 15 is 0 Å². The molecule has 5 heteroatoms. The zero-order valence-corrected chi connectivity index (χ0v) is 11.7. The molecule has 2 nitrogen and oxygen atoms in total. The maximum atomic E-state index is 4.16. The van der Waals surface area contributed by atoms with Gasteiger partial charge in [-0.3, -0.25) is 0 Å². The fourth-order valence-electron chi connectivity index (χ4n) is 1.14. The first-order valence-electron chi connectivity index (χ1n) is 4.33. The van der Waals surface area contributed by atoms with Crippen molar-refractivity contribution in [2.24, 2.45) is 0 Å². The summed E-state index contributed by atoms with van der Waals surface area (Å²) < 4.78 is 2.14. The van der Waals surface area contributed by atoms with E-state index in [4.69, 9.17) is 0 Å². The molecule has 1 aromatic heterocycles. The van der Waals surface area contributed by atoms with E-state index in [1.54, 1.807) is 17.5 Å². The summed E-state index contributed by atoms with van der Waals surface area (Å²) in [6, 6.07) is 6.20. The van der Waals surface area contributed by atoms with E-state index in [0.29, 0.717) is 0 Å². The lowest BCUT2D eigenvalue weighted by Gasteiger charge is -2.04. The zero-order valence-electron chi connectivity index (χ0n) is 7.71. The lowest BCUT2D eigenvalue weighted by Crippen LogP contribution is -1.98. The number of thiazole rings is 1. The number of halogens is 2. The predicted octanol–water partition coefficient (Wildman–Crippen LogP) is 4.28. The first-order chi connectivity index (χ1) is 7.25. The van der Waals surface area contributed by atoms with Crippen LogP contribution in [0.15, 0.2) is 38.7 Å². The van der Waals surface area contributed by atoms with Crippen LogP contribution in [0.2, 0.25) is 0 Å². The minimum Gasteiger partial charge on any atom is -0.357 e. The molecular formula is C10H8Br2N2S. The molecule has 0 bridgehead atoms. The number of nitrogens with zero attached hydrogens (tertiary/aromatic N) is 1. The van der Waals surface area contributed by atoms with Crippen molar-refractivity contribution in [1.29, 1.82) is 0 Å². The molecule has 0 aliphatic rings. The summed E-state index contributed by atoms with van der Waals surface area (Å²) >= 11 is 8.53. The van der Waals surface area contributed by atoms with Crippen LogP contribution in [-0.2, 0) is 6.54 Å². The van der Waals surface area contributed by atoms with Crippen LogP contribution in [0.25, 0.3) is 0 Å². The molecule has 0 aliphatic carbocycles. The minimum atomic E-state index is 0.791. The highest BCUT2D eigenvalue weighted by Crippen LogP contribution is 2.24. The van der Waals surface area contributed by atoms with E-state index in [9.17, 15) is 0 Å². The van der Waals surface area contributed by atoms with E-state index in [1.165, 1.54) is 5.56 Å². The second-order valence-electron chi connectivity index (χ2n) is 2.94. The summed E-state index contributed by atoms with van der Waals surface area (Å²) in [4.78, 5) is 4.16. The third kappa shape index (κ3) is 3.03. The number of anilines is 1. The fourth-order valence-corrected chi connectivity index (χ4v) is 2.34. The van der Waals surface area contributed by atoms with Crippen LogP contribution in [0.1, 0.15) is 5.56 Å². The maximum absolute atomic E-state index is 4.16. The van der Waals surface area contributed by atoms with Crippen LogP contribution >= 0.6 is 43.2 Å². The second kappa shape index (κ2) is 5.09. The average Bonchev–Trinajstić information content (AvgIpc) is 2.73. The smallest absolute Gasteiger partial charge is 0.182 e. The standard InChI is InChI=1S/C10H8Br2N2S/c11-8-2-1-7(5-9(8)12)6-14-10-13-3-4-15-10/h1-5H,6H2,(H,13,14). The number of benzene rings is 1. The molecule has 1 N–H and O–H groups in total. The van der Waals surface area contributed by atoms with Gasteiger partial charge in [0, 0.05) is 27.1 Å². The molecule has 2 rings (SSSR count). The molecule has 0 saturated carbocycles. The van der Waals surface area contributed by atoms with Crippen molar-refractivity contribution in [3.63, 3.8) is 0 Å². The monoisotopic (exact) mass is 346 g/mol. The molecule has 0 radical (unpaired) electrons. The number of rotatable bonds is 3. The van der Waals surface area contributed by atoms with Gasteiger partial charge in [0.05, 0.1) is 0 Å². The highest BCUT2D eigenvalue weighted by molar-refractivity contribution is 9.13. The van der Waals surface area contributed by atoms with E-state index in [-0.39, 0.29) is 0 Å². The fraction of sp³-hybridized carbons (Fsp3) is 0.100. The van der Waals surface area contributed by atoms with E-state index in [2.05, 4.69) is 54.3 Å². The minimum absolute atomic E-state index is 0.791. The van der Waals surface area contributed by atoms with Crippen molar-refractivity contribution in [1.82, 2.24) is 4.98 Å². The molecule has 0 amide bonds. The zero-order chi connectivity index (χ0) is 10.7. The van der Waals surface area contributed by atoms with Crippen molar-refractivity contribution < 1.29 is 0 Å². The van der Waals surface area contributed by atoms with Gasteiger partial charge in [0.1, 0.15) is 0 Å². The van der Waals surface area contributed by atoms with Crippen LogP contribution in [0.3, 0.4) is 0 Å². The van der Waals surface area contributed by atoms with Gasteiger partial charge in [-0.15, -0.1) is 11.3 Å². The quantitative estimate of drug-likeness (QED) is 0.896. The van der Waals surface area contributed by atoms with Gasteiger partial charge in [-0.1, -0.05) is 6.07 Å². The van der Waals surface area contributed by atoms with Crippen molar-refractivity contribution in [2.45, 2.75) is 6.54 Å². The normalized spacial score (nSPS) is 10.3. The SMILES string of the molecule is Brc1ccc(CNc2nccs2)cc1Br. The summed E-state index contributed by atoms with van der Waals surface area (Å²) in [7, 11) is 0. The first kappa shape index (κ1) is 11.1. The Morgan fingerprint density at radius 1 is 1.27 bits per heavy atom. The molecule has 1 heterocycles. The predicted molar refractivity (Wildman–Crippen MR) is 71.3 cm³/mol. The third-order valence-corrected chi connectivity index (χ3v) is 4.47. The second-order valence-corrected chi connectivity index (χ2v) is 5.54. The summed E-state index contributed by atoms with van der Waals surface area (Å²) in [5.41, 5.74) is 1.22. The summed E-state index contributed by atoms with van der Waals surface area (Å²) in [5, 5.41) is 6.17. The molecule has 0 saturated heterocycles. The van der Waals surface area contributed by atoms with Crippen LogP contribution in [0.4, 0.5) is 5.13 Å². The van der Waals surface area contributed by atoms with Gasteiger partial charge >= 0.3 is 0 Å². The lowest BCUT2D eigenvalue weighted by molar-refractivity contribution is 1.13. The number of hydrogen-bond donors (Lipinski definition) is 1. The molecule has 0 spiro atoms. The highest BCUT2D eigenvalue weighted by atomic mass is 79.9. The molecule has 15 heavy (non-hydrogen) atoms. The Kier molecular flexibility index (Phi) is 3.77. The topological polar surface area (TPSA) is 24.9 Å². The van der Waals surface area contributed by atoms with Gasteiger partial charge in [0.2, 0.25) is 0 Å². The van der Waals surface area contributed by atoms with Gasteiger partial charge in [-0.05, 0) is 49.6 Å². The Labute approximate surface area is 109 Å². The van der Waals surface area contributed by atoms with Gasteiger partial charge in [-0.2, -0.15) is 0 Å². The molecule has 0 aliphatic heterocycles. The number of aromatic nitrogens is 1. The number of nitrogens with one attached hydrogen (secondary N) is 1. The van der Waals surface area contributed by atoms with Gasteiger partial charge in [-0.25, -0.2) is 4.98 Å². The Morgan fingerprint density at radius 2 is 2.13 bits per heavy atom. The molecular weight excluding hydrogens is 340 g/mol. The van der Waals surface area contributed by atoms with Gasteiger partial charge in [0.25, 0.3) is 0 Å². The maximum Gasteiger partial charge on any atom is 0.182 e. The van der Waals surface area contributed by atoms with Crippen molar-refractivity contribution in [2.75, 3.05) is 5.32 Å². The molecule has 2 aromatic rings. The van der Waals surface area contributed by atoms with Crippen LogP contribution < -0.4 is 5.32 Å². The molecule has 0 fully saturated rings. The Hall–Kier alpha value is -0.390. The van der Waals surface area contributed by atoms with Crippen LogP contribution in [-0.4, -0.2) is 4.98 Å². The van der Waals surface area contributed by atoms with Gasteiger partial charge < -0.3 is 5.32 Å². The highest BCUT2D eigenvalue weighted by Gasteiger charge is 1.99. The third-order valence-electron chi connectivity index (χ3n) is 1.86. The van der Waals surface area contributed by atoms with E-state index in [0.717, 1.165) is 20.6 Å². The van der Waals surface area contributed by atoms with Crippen LogP contribution in [0, 0.1) is 0 Å². The molecule has 1 aromatic carbocycles. The Balaban J connectivity index is 2.02. The average molecular weight is 348 g/mol. The summed E-state index contributed by atoms with van der Waals surface area (Å²) in [6.07, 6.45) is 1.80. The van der Waals surface area contributed by atoms with Crippen molar-refractivity contribution >= 4 is 48.3 Å². The number of hydrogen-bond acceptors (Lipinski definition) is 3. The summed E-state index contributed by atoms with van der Waals surface area (Å²) in [5.74, 6) is 0. The molecule has 0 unspecified atom stereocenters. The first-order valence-corrected chi connectivity index (χ1v) is 6.79. The molecule has 78 valence electrons. The Morgan fingerprint density at radius 3 is 2.80 bits per heavy atom. The Bertz CT molecular complexity index is 443. The van der Waals surface area contributed by atoms with Crippen LogP contribution in [0.5, 0.6) is 0 Å². The van der Waals surface area contributed by atoms with Crippen molar-refractivity contribution in [3.05, 3.63) is 44.3 Å². The lowest BCUT2D eigenvalue weighted by atomic mass is 10.2. The molecule has 0 atom stereocenters.